The molecule has 9 heteroatoms. The highest BCUT2D eigenvalue weighted by Crippen LogP contribution is 2.33. The Labute approximate surface area is 177 Å². The summed E-state index contributed by atoms with van der Waals surface area (Å²) in [5.41, 5.74) is 0.197. The fourth-order valence-electron chi connectivity index (χ4n) is 3.97. The Kier molecular flexibility index (Phi) is 7.53. The molecule has 1 amide bonds. The molecule has 1 atom stereocenters. The summed E-state index contributed by atoms with van der Waals surface area (Å²) in [6, 6.07) is 7.57. The molecule has 162 valence electrons. The fraction of sp³-hybridized carbons (Fsp3) is 0.524. The molecule has 3 rings (SSSR count). The molecular weight excluding hydrogens is 382 g/mol. The Bertz CT molecular complexity index is 820. The van der Waals surface area contributed by atoms with Crippen molar-refractivity contribution in [2.24, 2.45) is 0 Å². The molecule has 0 bridgehead atoms. The lowest BCUT2D eigenvalue weighted by Crippen LogP contribution is -2.55. The maximum absolute atomic E-state index is 12.8. The molecule has 0 radical (unpaired) electrons. The van der Waals surface area contributed by atoms with E-state index in [1.807, 2.05) is 36.2 Å². The second-order valence-corrected chi connectivity index (χ2v) is 7.57. The minimum atomic E-state index is -0.627. The highest BCUT2D eigenvalue weighted by atomic mass is 16.3. The molecule has 9 nitrogen and oxygen atoms in total. The van der Waals surface area contributed by atoms with Gasteiger partial charge in [-0.05, 0) is 37.6 Å². The molecule has 0 aliphatic carbocycles. The first-order valence-corrected chi connectivity index (χ1v) is 10.3. The summed E-state index contributed by atoms with van der Waals surface area (Å²) >= 11 is 0. The lowest BCUT2D eigenvalue weighted by atomic mass is 9.75. The molecule has 2 aromatic rings. The molecule has 1 saturated heterocycles. The Balaban J connectivity index is 1.62. The number of aliphatic hydroxyl groups excluding tert-OH is 1. The quantitative estimate of drug-likeness (QED) is 0.545. The highest BCUT2D eigenvalue weighted by Gasteiger charge is 2.44. The normalized spacial score (nSPS) is 19.3. The first-order chi connectivity index (χ1) is 14.6. The molecule has 2 aromatic heterocycles. The summed E-state index contributed by atoms with van der Waals surface area (Å²) in [5.74, 6) is 1.33. The zero-order valence-electron chi connectivity index (χ0n) is 17.7. The van der Waals surface area contributed by atoms with E-state index in [9.17, 15) is 4.79 Å². The molecule has 0 aromatic carbocycles. The zero-order valence-corrected chi connectivity index (χ0v) is 17.7. The highest BCUT2D eigenvalue weighted by molar-refractivity contribution is 5.88. The number of nitrogens with zero attached hydrogens (tertiary/aromatic N) is 5. The van der Waals surface area contributed by atoms with E-state index in [4.69, 9.17) is 5.11 Å². The molecule has 30 heavy (non-hydrogen) atoms. The molecule has 0 spiro atoms. The average molecular weight is 414 g/mol. The van der Waals surface area contributed by atoms with Crippen LogP contribution in [0.5, 0.6) is 0 Å². The van der Waals surface area contributed by atoms with E-state index < -0.39 is 5.41 Å². The van der Waals surface area contributed by atoms with Crippen molar-refractivity contribution in [3.8, 4) is 0 Å². The third-order valence-corrected chi connectivity index (χ3v) is 5.57. The van der Waals surface area contributed by atoms with E-state index in [0.717, 1.165) is 37.4 Å². The fourth-order valence-corrected chi connectivity index (χ4v) is 3.97. The number of nitrogens with one attached hydrogen (secondary N) is 2. The Morgan fingerprint density at radius 2 is 2.17 bits per heavy atom. The van der Waals surface area contributed by atoms with Crippen molar-refractivity contribution in [1.82, 2.24) is 25.2 Å². The summed E-state index contributed by atoms with van der Waals surface area (Å²) in [7, 11) is 3.57. The van der Waals surface area contributed by atoms with Gasteiger partial charge < -0.3 is 25.5 Å². The van der Waals surface area contributed by atoms with Crippen molar-refractivity contribution in [1.29, 1.82) is 0 Å². The maximum Gasteiger partial charge on any atom is 0.233 e. The molecular formula is C21H31N7O2. The largest absolute Gasteiger partial charge is 0.395 e. The molecule has 1 unspecified atom stereocenters. The van der Waals surface area contributed by atoms with Crippen LogP contribution in [0.2, 0.25) is 0 Å². The predicted octanol–water partition coefficient (Wildman–Crippen LogP) is 0.492. The van der Waals surface area contributed by atoms with Crippen LogP contribution in [0.15, 0.2) is 36.7 Å². The number of carbonyl (C=O) groups is 1. The maximum atomic E-state index is 12.8. The molecule has 1 fully saturated rings. The van der Waals surface area contributed by atoms with Crippen LogP contribution in [0.1, 0.15) is 18.5 Å². The number of likely N-dealkylation sites (N-methyl/N-ethyl adjacent to an activating group) is 2. The summed E-state index contributed by atoms with van der Waals surface area (Å²) < 4.78 is 0. The summed E-state index contributed by atoms with van der Waals surface area (Å²) in [6.07, 6.45) is 5.17. The lowest BCUT2D eigenvalue weighted by molar-refractivity contribution is -0.128. The van der Waals surface area contributed by atoms with Crippen LogP contribution in [0, 0.1) is 0 Å². The van der Waals surface area contributed by atoms with Gasteiger partial charge in [0.25, 0.3) is 0 Å². The number of aromatic nitrogens is 3. The number of carbonyl (C=O) groups excluding carboxylic acids is 1. The van der Waals surface area contributed by atoms with E-state index in [0.29, 0.717) is 25.6 Å². The Hall–Kier alpha value is -2.78. The number of pyridine rings is 1. The standard InChI is InChI=1S/C21H31N7O2/c1-22-19(30)21(17-6-3-4-9-23-17)8-5-12-28(16-21)13-11-25-20-24-10-7-18(26-20)27(2)14-15-29/h3-4,6-7,9-10,29H,5,8,11-16H2,1-2H3,(H,22,30)(H,24,25,26). The number of amides is 1. The second kappa shape index (κ2) is 10.3. The van der Waals surface area contributed by atoms with Crippen molar-refractivity contribution >= 4 is 17.7 Å². The van der Waals surface area contributed by atoms with Crippen LogP contribution >= 0.6 is 0 Å². The minimum Gasteiger partial charge on any atom is -0.395 e. The van der Waals surface area contributed by atoms with Crippen LogP contribution in [0.4, 0.5) is 11.8 Å². The number of hydrogen-bond donors (Lipinski definition) is 3. The smallest absolute Gasteiger partial charge is 0.233 e. The van der Waals surface area contributed by atoms with Gasteiger partial charge in [0.2, 0.25) is 11.9 Å². The molecule has 3 N–H and O–H groups in total. The average Bonchev–Trinajstić information content (AvgIpc) is 2.79. The number of hydrogen-bond acceptors (Lipinski definition) is 8. The van der Waals surface area contributed by atoms with Crippen molar-refractivity contribution in [3.05, 3.63) is 42.4 Å². The topological polar surface area (TPSA) is 107 Å². The summed E-state index contributed by atoms with van der Waals surface area (Å²) in [5, 5.41) is 15.2. The van der Waals surface area contributed by atoms with Gasteiger partial charge in [-0.3, -0.25) is 9.78 Å². The monoisotopic (exact) mass is 413 g/mol. The number of piperidine rings is 1. The SMILES string of the molecule is CNC(=O)C1(c2ccccn2)CCCN(CCNc2nccc(N(C)CCO)n2)C1. The third-order valence-electron chi connectivity index (χ3n) is 5.57. The van der Waals surface area contributed by atoms with Gasteiger partial charge in [0.05, 0.1) is 12.3 Å². The van der Waals surface area contributed by atoms with E-state index >= 15 is 0 Å². The van der Waals surface area contributed by atoms with Gasteiger partial charge in [0, 0.05) is 52.7 Å². The first kappa shape index (κ1) is 21.9. The molecule has 1 aliphatic rings. The van der Waals surface area contributed by atoms with E-state index in [1.54, 1.807) is 19.4 Å². The van der Waals surface area contributed by atoms with Crippen LogP contribution < -0.4 is 15.5 Å². The van der Waals surface area contributed by atoms with Gasteiger partial charge in [-0.1, -0.05) is 6.07 Å². The Morgan fingerprint density at radius 1 is 1.30 bits per heavy atom. The van der Waals surface area contributed by atoms with Crippen LogP contribution in [-0.2, 0) is 10.2 Å². The summed E-state index contributed by atoms with van der Waals surface area (Å²) in [4.78, 5) is 30.3. The number of aliphatic hydroxyl groups is 1. The number of likely N-dealkylation sites (tertiary alicyclic amines) is 1. The lowest BCUT2D eigenvalue weighted by Gasteiger charge is -2.41. The third kappa shape index (κ3) is 5.03. The minimum absolute atomic E-state index is 0.0156. The van der Waals surface area contributed by atoms with Crippen molar-refractivity contribution in [3.63, 3.8) is 0 Å². The van der Waals surface area contributed by atoms with Gasteiger partial charge in [-0.25, -0.2) is 4.98 Å². The molecule has 3 heterocycles. The van der Waals surface area contributed by atoms with E-state index in [-0.39, 0.29) is 12.5 Å². The van der Waals surface area contributed by atoms with Gasteiger partial charge in [-0.15, -0.1) is 0 Å². The van der Waals surface area contributed by atoms with Crippen molar-refractivity contribution in [2.75, 3.05) is 63.6 Å². The van der Waals surface area contributed by atoms with Crippen LogP contribution in [-0.4, -0.2) is 84.3 Å². The van der Waals surface area contributed by atoms with Crippen molar-refractivity contribution < 1.29 is 9.90 Å². The van der Waals surface area contributed by atoms with Crippen LogP contribution in [0.25, 0.3) is 0 Å². The van der Waals surface area contributed by atoms with Gasteiger partial charge >= 0.3 is 0 Å². The number of anilines is 2. The van der Waals surface area contributed by atoms with E-state index in [1.165, 1.54) is 0 Å². The second-order valence-electron chi connectivity index (χ2n) is 7.57. The molecule has 1 aliphatic heterocycles. The number of rotatable bonds is 9. The first-order valence-electron chi connectivity index (χ1n) is 10.3. The van der Waals surface area contributed by atoms with Crippen LogP contribution in [0.3, 0.4) is 0 Å². The van der Waals surface area contributed by atoms with Crippen molar-refractivity contribution in [2.45, 2.75) is 18.3 Å². The zero-order chi connectivity index (χ0) is 21.4. The Morgan fingerprint density at radius 3 is 2.90 bits per heavy atom. The van der Waals surface area contributed by atoms with E-state index in [2.05, 4.69) is 30.5 Å². The summed E-state index contributed by atoms with van der Waals surface area (Å²) in [6.45, 7) is 3.59. The predicted molar refractivity (Wildman–Crippen MR) is 117 cm³/mol. The molecule has 0 saturated carbocycles. The van der Waals surface area contributed by atoms with Gasteiger partial charge in [0.1, 0.15) is 11.2 Å². The van der Waals surface area contributed by atoms with Gasteiger partial charge in [-0.2, -0.15) is 4.98 Å². The van der Waals surface area contributed by atoms with Gasteiger partial charge in [0.15, 0.2) is 0 Å².